The Morgan fingerprint density at radius 2 is 2.11 bits per heavy atom. The summed E-state index contributed by atoms with van der Waals surface area (Å²) >= 11 is 6.07. The molecule has 1 fully saturated rings. The molecule has 1 saturated heterocycles. The Morgan fingerprint density at radius 3 is 2.83 bits per heavy atom. The summed E-state index contributed by atoms with van der Waals surface area (Å²) in [7, 11) is 1.69. The first-order chi connectivity index (χ1) is 16.6. The molecule has 3 heterocycles. The largest absolute Gasteiger partial charge is 0.444 e. The molecular formula is C25H29ClN6O3. The van der Waals surface area contributed by atoms with E-state index in [-0.39, 0.29) is 18.3 Å². The van der Waals surface area contributed by atoms with E-state index < -0.39 is 11.7 Å². The topological polar surface area (TPSA) is 85.8 Å². The van der Waals surface area contributed by atoms with Crippen molar-refractivity contribution in [2.45, 2.75) is 51.8 Å². The first-order valence-corrected chi connectivity index (χ1v) is 11.9. The number of anilines is 1. The molecule has 1 aliphatic rings. The van der Waals surface area contributed by atoms with Crippen LogP contribution in [0.1, 0.15) is 39.2 Å². The number of pyridine rings is 1. The van der Waals surface area contributed by atoms with Gasteiger partial charge in [0.15, 0.2) is 11.3 Å². The van der Waals surface area contributed by atoms with Crippen molar-refractivity contribution < 1.29 is 9.53 Å². The van der Waals surface area contributed by atoms with Gasteiger partial charge in [-0.3, -0.25) is 9.13 Å². The number of nitrogens with one attached hydrogen (secondary N) is 1. The van der Waals surface area contributed by atoms with Crippen LogP contribution in [0.4, 0.5) is 16.2 Å². The number of piperidine rings is 1. The van der Waals surface area contributed by atoms with Crippen LogP contribution in [0.2, 0.25) is 5.02 Å². The third kappa shape index (κ3) is 5.28. The van der Waals surface area contributed by atoms with E-state index in [0.717, 1.165) is 25.1 Å². The number of benzene rings is 1. The van der Waals surface area contributed by atoms with Crippen molar-refractivity contribution in [2.24, 2.45) is 7.05 Å². The molecule has 0 bridgehead atoms. The summed E-state index contributed by atoms with van der Waals surface area (Å²) < 4.78 is 8.60. The number of carbonyl (C=O) groups is 1. The Morgan fingerprint density at radius 1 is 1.34 bits per heavy atom. The highest BCUT2D eigenvalue weighted by Gasteiger charge is 2.27. The Bertz CT molecular complexity index is 1360. The number of nitrogens with zero attached hydrogens (tertiary/aromatic N) is 5. The van der Waals surface area contributed by atoms with Crippen molar-refractivity contribution in [3.63, 3.8) is 0 Å². The highest BCUT2D eigenvalue weighted by atomic mass is 35.5. The molecule has 1 atom stereocenters. The minimum absolute atomic E-state index is 0.0873. The molecule has 0 radical (unpaired) electrons. The number of fused-ring (bicyclic) bond motifs is 1. The van der Waals surface area contributed by atoms with Gasteiger partial charge in [0.1, 0.15) is 11.1 Å². The van der Waals surface area contributed by atoms with E-state index in [2.05, 4.69) is 20.0 Å². The van der Waals surface area contributed by atoms with Gasteiger partial charge in [0, 0.05) is 43.9 Å². The number of hydrogen-bond donors (Lipinski definition) is 1. The van der Waals surface area contributed by atoms with Crippen molar-refractivity contribution in [1.82, 2.24) is 19.4 Å². The van der Waals surface area contributed by atoms with Gasteiger partial charge in [0.2, 0.25) is 0 Å². The van der Waals surface area contributed by atoms with Crippen LogP contribution in [-0.2, 0) is 18.3 Å². The molecule has 35 heavy (non-hydrogen) atoms. The van der Waals surface area contributed by atoms with Gasteiger partial charge in [0.05, 0.1) is 12.3 Å². The summed E-state index contributed by atoms with van der Waals surface area (Å²) in [6.07, 6.45) is 2.97. The first kappa shape index (κ1) is 24.6. The molecule has 1 aromatic carbocycles. The van der Waals surface area contributed by atoms with Gasteiger partial charge in [0.25, 0.3) is 0 Å². The number of halogens is 1. The number of rotatable bonds is 4. The summed E-state index contributed by atoms with van der Waals surface area (Å²) in [4.78, 5) is 35.8. The summed E-state index contributed by atoms with van der Waals surface area (Å²) in [6.45, 7) is 14.6. The molecule has 4 rings (SSSR count). The van der Waals surface area contributed by atoms with Gasteiger partial charge in [-0.15, -0.1) is 0 Å². The summed E-state index contributed by atoms with van der Waals surface area (Å²) in [5.74, 6) is 0. The average molecular weight is 497 g/mol. The SMILES string of the molecule is [C-]#[N+]c1cc(Cl)ccc1Cn1c(=O)n(C)c2nccc(N3CCC[C@@H](NC(=O)OC(C)(C)C)C3)c21. The lowest BCUT2D eigenvalue weighted by Gasteiger charge is -2.35. The van der Waals surface area contributed by atoms with Crippen molar-refractivity contribution in [3.05, 3.63) is 62.9 Å². The molecule has 2 aromatic heterocycles. The molecule has 0 aliphatic carbocycles. The minimum atomic E-state index is -0.568. The normalized spacial score (nSPS) is 16.2. The number of amides is 1. The standard InChI is InChI=1S/C25H29ClN6O3/c1-25(2,3)35-23(33)29-18-7-6-12-31(15-18)20-10-11-28-22-21(20)32(24(34)30(22)5)14-16-8-9-17(26)13-19(16)27-4/h8-11,13,18H,6-7,12,14-15H2,1-3,5H3,(H,29,33)/t18-/m1/s1. The molecule has 0 spiro atoms. The van der Waals surface area contributed by atoms with Crippen molar-refractivity contribution in [3.8, 4) is 0 Å². The van der Waals surface area contributed by atoms with Crippen LogP contribution in [0.5, 0.6) is 0 Å². The molecule has 10 heteroatoms. The molecule has 3 aromatic rings. The van der Waals surface area contributed by atoms with Crippen molar-refractivity contribution in [2.75, 3.05) is 18.0 Å². The van der Waals surface area contributed by atoms with Crippen molar-refractivity contribution >= 4 is 40.2 Å². The van der Waals surface area contributed by atoms with E-state index in [0.29, 0.717) is 34.0 Å². The molecule has 0 saturated carbocycles. The third-order valence-corrected chi connectivity index (χ3v) is 6.20. The Labute approximate surface area is 209 Å². The number of hydrogen-bond acceptors (Lipinski definition) is 5. The van der Waals surface area contributed by atoms with E-state index in [4.69, 9.17) is 22.9 Å². The summed E-state index contributed by atoms with van der Waals surface area (Å²) in [5, 5.41) is 3.45. The van der Waals surface area contributed by atoms with E-state index >= 15 is 0 Å². The summed E-state index contributed by atoms with van der Waals surface area (Å²) in [5.41, 5.74) is 2.45. The van der Waals surface area contributed by atoms with Crippen LogP contribution >= 0.6 is 11.6 Å². The monoisotopic (exact) mass is 496 g/mol. The Balaban J connectivity index is 1.69. The predicted molar refractivity (Wildman–Crippen MR) is 136 cm³/mol. The lowest BCUT2D eigenvalue weighted by atomic mass is 10.0. The highest BCUT2D eigenvalue weighted by molar-refractivity contribution is 6.30. The Kier molecular flexibility index (Phi) is 6.77. The van der Waals surface area contributed by atoms with E-state index in [1.54, 1.807) is 36.0 Å². The van der Waals surface area contributed by atoms with Crippen LogP contribution in [-0.4, -0.2) is 44.9 Å². The number of carbonyl (C=O) groups excluding carboxylic acids is 1. The zero-order valence-corrected chi connectivity index (χ0v) is 21.1. The first-order valence-electron chi connectivity index (χ1n) is 11.5. The number of aromatic nitrogens is 3. The fourth-order valence-corrected chi connectivity index (χ4v) is 4.61. The molecule has 1 aliphatic heterocycles. The van der Waals surface area contributed by atoms with Crippen LogP contribution in [0.25, 0.3) is 16.0 Å². The molecule has 1 amide bonds. The molecule has 9 nitrogen and oxygen atoms in total. The second-order valence-corrected chi connectivity index (χ2v) is 10.2. The van der Waals surface area contributed by atoms with Crippen molar-refractivity contribution in [1.29, 1.82) is 0 Å². The highest BCUT2D eigenvalue weighted by Crippen LogP contribution is 2.30. The maximum absolute atomic E-state index is 13.2. The number of imidazole rings is 1. The summed E-state index contributed by atoms with van der Waals surface area (Å²) in [6, 6.07) is 6.91. The van der Waals surface area contributed by atoms with Crippen LogP contribution in [0.15, 0.2) is 35.3 Å². The minimum Gasteiger partial charge on any atom is -0.444 e. The van der Waals surface area contributed by atoms with E-state index in [1.165, 1.54) is 4.57 Å². The maximum Gasteiger partial charge on any atom is 0.407 e. The van der Waals surface area contributed by atoms with Gasteiger partial charge in [-0.2, -0.15) is 0 Å². The Hall–Kier alpha value is -3.51. The lowest BCUT2D eigenvalue weighted by Crippen LogP contribution is -2.49. The lowest BCUT2D eigenvalue weighted by molar-refractivity contribution is 0.0500. The number of aryl methyl sites for hydroxylation is 1. The smallest absolute Gasteiger partial charge is 0.407 e. The zero-order valence-electron chi connectivity index (χ0n) is 20.3. The fraction of sp³-hybridized carbons (Fsp3) is 0.440. The van der Waals surface area contributed by atoms with Crippen LogP contribution < -0.4 is 15.9 Å². The quantitative estimate of drug-likeness (QED) is 0.538. The second-order valence-electron chi connectivity index (χ2n) is 9.75. The fourth-order valence-electron chi connectivity index (χ4n) is 4.44. The third-order valence-electron chi connectivity index (χ3n) is 5.97. The van der Waals surface area contributed by atoms with Crippen LogP contribution in [0, 0.1) is 6.57 Å². The second kappa shape index (κ2) is 9.62. The van der Waals surface area contributed by atoms with Gasteiger partial charge < -0.3 is 15.0 Å². The van der Waals surface area contributed by atoms with E-state index in [9.17, 15) is 9.59 Å². The zero-order chi connectivity index (χ0) is 25.3. The van der Waals surface area contributed by atoms with Gasteiger partial charge >= 0.3 is 11.8 Å². The molecule has 0 unspecified atom stereocenters. The number of alkyl carbamates (subject to hydrolysis) is 1. The average Bonchev–Trinajstić information content (AvgIpc) is 3.04. The van der Waals surface area contributed by atoms with Gasteiger partial charge in [-0.05, 0) is 57.4 Å². The van der Waals surface area contributed by atoms with Gasteiger partial charge in [-0.1, -0.05) is 17.7 Å². The molecular weight excluding hydrogens is 468 g/mol. The van der Waals surface area contributed by atoms with E-state index in [1.807, 2.05) is 26.8 Å². The predicted octanol–water partition coefficient (Wildman–Crippen LogP) is 4.48. The van der Waals surface area contributed by atoms with Crippen LogP contribution in [0.3, 0.4) is 0 Å². The molecule has 184 valence electrons. The molecule has 1 N–H and O–H groups in total. The maximum atomic E-state index is 13.2. The van der Waals surface area contributed by atoms with Gasteiger partial charge in [-0.25, -0.2) is 19.4 Å². The number of ether oxygens (including phenoxy) is 1.